The van der Waals surface area contributed by atoms with Crippen molar-refractivity contribution in [3.8, 4) is 11.6 Å². The molecule has 0 fully saturated rings. The van der Waals surface area contributed by atoms with Crippen LogP contribution in [0.1, 0.15) is 0 Å². The average molecular weight is 265 g/mol. The summed E-state index contributed by atoms with van der Waals surface area (Å²) in [7, 11) is 3.21. The third-order valence-electron chi connectivity index (χ3n) is 1.24. The molecule has 0 amide bonds. The molecule has 1 aromatic rings. The van der Waals surface area contributed by atoms with Gasteiger partial charge in [-0.3, -0.25) is 0 Å². The fraction of sp³-hybridized carbons (Fsp3) is 0.286. The van der Waals surface area contributed by atoms with Crippen LogP contribution in [0.15, 0.2) is 12.3 Å². The van der Waals surface area contributed by atoms with E-state index in [2.05, 4.69) is 27.6 Å². The molecular weight excluding hydrogens is 257 g/mol. The van der Waals surface area contributed by atoms with Crippen LogP contribution < -0.4 is 9.47 Å². The Bertz CT molecular complexity index is 230. The maximum absolute atomic E-state index is 5.06. The van der Waals surface area contributed by atoms with Gasteiger partial charge >= 0.3 is 0 Å². The highest BCUT2D eigenvalue weighted by molar-refractivity contribution is 14.1. The molecule has 0 saturated heterocycles. The van der Waals surface area contributed by atoms with E-state index in [1.54, 1.807) is 26.5 Å². The minimum atomic E-state index is 0.602. The smallest absolute Gasteiger partial charge is 0.230 e. The molecule has 3 nitrogen and oxygen atoms in total. The van der Waals surface area contributed by atoms with Gasteiger partial charge in [-0.2, -0.15) is 0 Å². The second-order valence-corrected chi connectivity index (χ2v) is 2.92. The zero-order chi connectivity index (χ0) is 8.27. The number of hydrogen-bond acceptors (Lipinski definition) is 3. The van der Waals surface area contributed by atoms with Crippen molar-refractivity contribution in [3.05, 3.63) is 15.8 Å². The van der Waals surface area contributed by atoms with Crippen molar-refractivity contribution in [2.45, 2.75) is 0 Å². The maximum atomic E-state index is 5.06. The van der Waals surface area contributed by atoms with Crippen LogP contribution in [0.4, 0.5) is 0 Å². The largest absolute Gasteiger partial charge is 0.495 e. The van der Waals surface area contributed by atoms with Gasteiger partial charge in [0.05, 0.1) is 14.2 Å². The van der Waals surface area contributed by atoms with E-state index in [9.17, 15) is 0 Å². The summed E-state index contributed by atoms with van der Waals surface area (Å²) in [6.07, 6.45) is 1.65. The van der Waals surface area contributed by atoms with Gasteiger partial charge in [-0.15, -0.1) is 0 Å². The number of halogens is 1. The first-order valence-corrected chi connectivity index (χ1v) is 4.10. The minimum Gasteiger partial charge on any atom is -0.495 e. The van der Waals surface area contributed by atoms with Crippen LogP contribution in [0.3, 0.4) is 0 Å². The summed E-state index contributed by atoms with van der Waals surface area (Å²) >= 11 is 2.13. The molecule has 0 aliphatic carbocycles. The Labute approximate surface area is 78.9 Å². The number of ether oxygens (including phenoxy) is 2. The summed E-state index contributed by atoms with van der Waals surface area (Å²) in [6, 6.07) is 1.80. The summed E-state index contributed by atoms with van der Waals surface area (Å²) in [5.41, 5.74) is 0. The number of pyridine rings is 1. The van der Waals surface area contributed by atoms with Crippen LogP contribution in [0.25, 0.3) is 0 Å². The highest BCUT2D eigenvalue weighted by atomic mass is 127. The molecule has 0 aromatic carbocycles. The van der Waals surface area contributed by atoms with E-state index >= 15 is 0 Å². The maximum Gasteiger partial charge on any atom is 0.230 e. The second-order valence-electron chi connectivity index (χ2n) is 1.84. The lowest BCUT2D eigenvalue weighted by Crippen LogP contribution is -1.93. The van der Waals surface area contributed by atoms with Crippen molar-refractivity contribution in [1.82, 2.24) is 4.98 Å². The number of methoxy groups -OCH3 is 2. The van der Waals surface area contributed by atoms with Gasteiger partial charge in [0.1, 0.15) is 9.32 Å². The van der Waals surface area contributed by atoms with E-state index in [-0.39, 0.29) is 0 Å². The van der Waals surface area contributed by atoms with Gasteiger partial charge in [0.2, 0.25) is 5.88 Å². The van der Waals surface area contributed by atoms with Crippen LogP contribution in [0, 0.1) is 3.57 Å². The molecule has 11 heavy (non-hydrogen) atoms. The Morgan fingerprint density at radius 2 is 2.09 bits per heavy atom. The van der Waals surface area contributed by atoms with Gasteiger partial charge in [-0.1, -0.05) is 0 Å². The second kappa shape index (κ2) is 3.75. The SMILES string of the molecule is COc1ccnc(OC)c1I. The van der Waals surface area contributed by atoms with Gasteiger partial charge < -0.3 is 9.47 Å². The topological polar surface area (TPSA) is 31.4 Å². The molecule has 0 saturated carbocycles. The Morgan fingerprint density at radius 3 is 2.64 bits per heavy atom. The Balaban J connectivity index is 3.10. The van der Waals surface area contributed by atoms with E-state index in [0.717, 1.165) is 9.32 Å². The summed E-state index contributed by atoms with van der Waals surface area (Å²) < 4.78 is 10.9. The minimum absolute atomic E-state index is 0.602. The summed E-state index contributed by atoms with van der Waals surface area (Å²) in [6.45, 7) is 0. The first-order valence-electron chi connectivity index (χ1n) is 3.02. The van der Waals surface area contributed by atoms with Crippen LogP contribution in [-0.4, -0.2) is 19.2 Å². The fourth-order valence-corrected chi connectivity index (χ4v) is 1.47. The lowest BCUT2D eigenvalue weighted by atomic mass is 10.4. The lowest BCUT2D eigenvalue weighted by molar-refractivity contribution is 0.377. The van der Waals surface area contributed by atoms with Crippen molar-refractivity contribution in [3.63, 3.8) is 0 Å². The highest BCUT2D eigenvalue weighted by Crippen LogP contribution is 2.26. The van der Waals surface area contributed by atoms with E-state index in [0.29, 0.717) is 5.88 Å². The third-order valence-corrected chi connectivity index (χ3v) is 2.23. The van der Waals surface area contributed by atoms with Gasteiger partial charge in [0.25, 0.3) is 0 Å². The van der Waals surface area contributed by atoms with E-state index < -0.39 is 0 Å². The molecule has 0 aliphatic heterocycles. The Kier molecular flexibility index (Phi) is 2.92. The number of aromatic nitrogens is 1. The van der Waals surface area contributed by atoms with Crippen molar-refractivity contribution in [2.24, 2.45) is 0 Å². The molecule has 1 rings (SSSR count). The molecule has 1 heterocycles. The molecule has 0 aliphatic rings. The monoisotopic (exact) mass is 265 g/mol. The molecule has 0 radical (unpaired) electrons. The van der Waals surface area contributed by atoms with E-state index in [1.165, 1.54) is 0 Å². The van der Waals surface area contributed by atoms with Crippen LogP contribution in [0.5, 0.6) is 11.6 Å². The van der Waals surface area contributed by atoms with Crippen LogP contribution in [-0.2, 0) is 0 Å². The van der Waals surface area contributed by atoms with E-state index in [1.807, 2.05) is 0 Å². The molecule has 0 atom stereocenters. The third kappa shape index (κ3) is 1.74. The molecule has 0 bridgehead atoms. The fourth-order valence-electron chi connectivity index (χ4n) is 0.708. The van der Waals surface area contributed by atoms with Gasteiger partial charge in [-0.25, -0.2) is 4.98 Å². The van der Waals surface area contributed by atoms with E-state index in [4.69, 9.17) is 9.47 Å². The normalized spacial score (nSPS) is 9.36. The standard InChI is InChI=1S/C7H8INO2/c1-10-5-3-4-9-7(11-2)6(5)8/h3-4H,1-2H3. The van der Waals surface area contributed by atoms with Gasteiger partial charge in [0, 0.05) is 6.20 Å². The number of hydrogen-bond donors (Lipinski definition) is 0. The number of nitrogens with zero attached hydrogens (tertiary/aromatic N) is 1. The van der Waals surface area contributed by atoms with Crippen molar-refractivity contribution < 1.29 is 9.47 Å². The predicted octanol–water partition coefficient (Wildman–Crippen LogP) is 1.70. The highest BCUT2D eigenvalue weighted by Gasteiger charge is 2.05. The zero-order valence-electron chi connectivity index (χ0n) is 6.30. The number of rotatable bonds is 2. The predicted molar refractivity (Wildman–Crippen MR) is 50.1 cm³/mol. The van der Waals surface area contributed by atoms with Gasteiger partial charge in [0.15, 0.2) is 0 Å². The first-order chi connectivity index (χ1) is 5.29. The molecular formula is C7H8INO2. The summed E-state index contributed by atoms with van der Waals surface area (Å²) in [4.78, 5) is 4.00. The van der Waals surface area contributed by atoms with Crippen molar-refractivity contribution in [1.29, 1.82) is 0 Å². The van der Waals surface area contributed by atoms with Crippen molar-refractivity contribution >= 4 is 22.6 Å². The molecule has 60 valence electrons. The zero-order valence-corrected chi connectivity index (χ0v) is 8.45. The molecule has 0 spiro atoms. The molecule has 0 unspecified atom stereocenters. The quantitative estimate of drug-likeness (QED) is 0.763. The average Bonchev–Trinajstić information content (AvgIpc) is 2.05. The molecule has 1 aromatic heterocycles. The first kappa shape index (κ1) is 8.58. The summed E-state index contributed by atoms with van der Waals surface area (Å²) in [5, 5.41) is 0. The molecule has 4 heteroatoms. The van der Waals surface area contributed by atoms with Gasteiger partial charge in [-0.05, 0) is 28.7 Å². The van der Waals surface area contributed by atoms with Crippen LogP contribution in [0.2, 0.25) is 0 Å². The Morgan fingerprint density at radius 1 is 1.36 bits per heavy atom. The van der Waals surface area contributed by atoms with Crippen LogP contribution >= 0.6 is 22.6 Å². The Hall–Kier alpha value is -0.520. The lowest BCUT2D eigenvalue weighted by Gasteiger charge is -2.05. The van der Waals surface area contributed by atoms with Crippen molar-refractivity contribution in [2.75, 3.05) is 14.2 Å². The summed E-state index contributed by atoms with van der Waals surface area (Å²) in [5.74, 6) is 1.39. The molecule has 0 N–H and O–H groups in total.